The van der Waals surface area contributed by atoms with E-state index in [1.807, 2.05) is 18.2 Å². The fourth-order valence-corrected chi connectivity index (χ4v) is 1.70. The predicted octanol–water partition coefficient (Wildman–Crippen LogP) is 3.40. The molecule has 1 nitrogen and oxygen atoms in total. The zero-order valence-corrected chi connectivity index (χ0v) is 10.4. The van der Waals surface area contributed by atoms with Crippen LogP contribution in [0.1, 0.15) is 24.8 Å². The molecule has 0 saturated heterocycles. The summed E-state index contributed by atoms with van der Waals surface area (Å²) in [6.07, 6.45) is 3.35. The van der Waals surface area contributed by atoms with Crippen molar-refractivity contribution in [3.63, 3.8) is 0 Å². The number of aryl methyl sites for hydroxylation is 1. The highest BCUT2D eigenvalue weighted by Gasteiger charge is 2.01. The van der Waals surface area contributed by atoms with Gasteiger partial charge in [0.05, 0.1) is 0 Å². The number of hydrogen-bond donors (Lipinski definition) is 0. The normalized spacial score (nSPS) is 10.1. The lowest BCUT2D eigenvalue weighted by molar-refractivity contribution is -0.119. The van der Waals surface area contributed by atoms with Gasteiger partial charge in [0.1, 0.15) is 5.78 Å². The minimum Gasteiger partial charge on any atom is -0.300 e. The third-order valence-electron chi connectivity index (χ3n) is 2.12. The van der Waals surface area contributed by atoms with E-state index in [-0.39, 0.29) is 0 Å². The van der Waals surface area contributed by atoms with Crippen LogP contribution in [-0.4, -0.2) is 10.2 Å². The van der Waals surface area contributed by atoms with Crippen molar-refractivity contribution < 1.29 is 4.79 Å². The molecule has 76 valence electrons. The Morgan fingerprint density at radius 1 is 1.14 bits per heavy atom. The number of hydrogen-bond acceptors (Lipinski definition) is 1. The first-order chi connectivity index (χ1) is 6.83. The standard InChI is InChI=1S/C12H15IO/c13-10-4-7-12(14)9-8-11-5-2-1-3-6-11/h1-3,5-6H,4,7-10H2. The summed E-state index contributed by atoms with van der Waals surface area (Å²) >= 11 is 2.31. The van der Waals surface area contributed by atoms with Gasteiger partial charge in [0.2, 0.25) is 0 Å². The van der Waals surface area contributed by atoms with Crippen molar-refractivity contribution in [2.75, 3.05) is 4.43 Å². The number of benzene rings is 1. The summed E-state index contributed by atoms with van der Waals surface area (Å²) in [6.45, 7) is 0. The predicted molar refractivity (Wildman–Crippen MR) is 67.9 cm³/mol. The molecule has 1 aromatic carbocycles. The van der Waals surface area contributed by atoms with E-state index < -0.39 is 0 Å². The van der Waals surface area contributed by atoms with Crippen LogP contribution >= 0.6 is 22.6 Å². The van der Waals surface area contributed by atoms with Crippen LogP contribution in [0, 0.1) is 0 Å². The average Bonchev–Trinajstić information content (AvgIpc) is 2.25. The molecule has 0 saturated carbocycles. The molecule has 2 heteroatoms. The Balaban J connectivity index is 2.24. The maximum atomic E-state index is 11.4. The van der Waals surface area contributed by atoms with Crippen molar-refractivity contribution in [1.82, 2.24) is 0 Å². The summed E-state index contributed by atoms with van der Waals surface area (Å²) in [5.74, 6) is 0.394. The molecule has 0 bridgehead atoms. The lowest BCUT2D eigenvalue weighted by atomic mass is 10.1. The molecule has 0 unspecified atom stereocenters. The third-order valence-corrected chi connectivity index (χ3v) is 2.89. The SMILES string of the molecule is O=C(CCCI)CCc1ccccc1. The van der Waals surface area contributed by atoms with Gasteiger partial charge in [-0.3, -0.25) is 4.79 Å². The summed E-state index contributed by atoms with van der Waals surface area (Å²) in [6, 6.07) is 10.2. The van der Waals surface area contributed by atoms with Gasteiger partial charge in [-0.1, -0.05) is 52.9 Å². The van der Waals surface area contributed by atoms with E-state index in [0.717, 1.165) is 23.7 Å². The van der Waals surface area contributed by atoms with Crippen molar-refractivity contribution >= 4 is 28.4 Å². The van der Waals surface area contributed by atoms with Crippen LogP contribution in [0.15, 0.2) is 30.3 Å². The van der Waals surface area contributed by atoms with Gasteiger partial charge in [-0.15, -0.1) is 0 Å². The van der Waals surface area contributed by atoms with Crippen LogP contribution in [0.5, 0.6) is 0 Å². The van der Waals surface area contributed by atoms with Crippen LogP contribution in [-0.2, 0) is 11.2 Å². The van der Waals surface area contributed by atoms with Gasteiger partial charge in [-0.25, -0.2) is 0 Å². The van der Waals surface area contributed by atoms with E-state index in [4.69, 9.17) is 0 Å². The molecule has 0 fully saturated rings. The van der Waals surface area contributed by atoms with Crippen molar-refractivity contribution in [2.45, 2.75) is 25.7 Å². The summed E-state index contributed by atoms with van der Waals surface area (Å²) in [5.41, 5.74) is 1.26. The van der Waals surface area contributed by atoms with E-state index in [1.165, 1.54) is 5.56 Å². The quantitative estimate of drug-likeness (QED) is 0.581. The van der Waals surface area contributed by atoms with E-state index in [1.54, 1.807) is 0 Å². The van der Waals surface area contributed by atoms with E-state index in [9.17, 15) is 4.79 Å². The van der Waals surface area contributed by atoms with Crippen LogP contribution in [0.25, 0.3) is 0 Å². The Kier molecular flexibility index (Phi) is 5.83. The Morgan fingerprint density at radius 2 is 1.86 bits per heavy atom. The molecule has 14 heavy (non-hydrogen) atoms. The molecule has 0 spiro atoms. The lowest BCUT2D eigenvalue weighted by Gasteiger charge is -2.00. The van der Waals surface area contributed by atoms with E-state index in [2.05, 4.69) is 34.7 Å². The number of ketones is 1. The largest absolute Gasteiger partial charge is 0.300 e. The smallest absolute Gasteiger partial charge is 0.133 e. The number of halogens is 1. The Hall–Kier alpha value is -0.380. The molecule has 0 aliphatic carbocycles. The van der Waals surface area contributed by atoms with Crippen molar-refractivity contribution in [3.05, 3.63) is 35.9 Å². The molecule has 0 heterocycles. The summed E-state index contributed by atoms with van der Waals surface area (Å²) < 4.78 is 1.08. The highest BCUT2D eigenvalue weighted by Crippen LogP contribution is 2.05. The average molecular weight is 302 g/mol. The van der Waals surface area contributed by atoms with Gasteiger partial charge >= 0.3 is 0 Å². The topological polar surface area (TPSA) is 17.1 Å². The Morgan fingerprint density at radius 3 is 2.50 bits per heavy atom. The second kappa shape index (κ2) is 6.98. The molecule has 0 aliphatic rings. The summed E-state index contributed by atoms with van der Waals surface area (Å²) in [4.78, 5) is 11.4. The van der Waals surface area contributed by atoms with Crippen molar-refractivity contribution in [3.8, 4) is 0 Å². The molecular formula is C12H15IO. The number of alkyl halides is 1. The number of rotatable bonds is 6. The summed E-state index contributed by atoms with van der Waals surface area (Å²) in [5, 5.41) is 0. The molecule has 0 amide bonds. The molecule has 0 atom stereocenters. The highest BCUT2D eigenvalue weighted by molar-refractivity contribution is 14.1. The van der Waals surface area contributed by atoms with E-state index >= 15 is 0 Å². The minimum atomic E-state index is 0.394. The maximum Gasteiger partial charge on any atom is 0.133 e. The van der Waals surface area contributed by atoms with Gasteiger partial charge in [0.25, 0.3) is 0 Å². The molecule has 0 aliphatic heterocycles. The zero-order chi connectivity index (χ0) is 10.2. The van der Waals surface area contributed by atoms with Crippen LogP contribution < -0.4 is 0 Å². The molecule has 0 radical (unpaired) electrons. The second-order valence-corrected chi connectivity index (χ2v) is 4.40. The molecule has 0 aromatic heterocycles. The first-order valence-electron chi connectivity index (χ1n) is 4.94. The fourth-order valence-electron chi connectivity index (χ4n) is 1.32. The summed E-state index contributed by atoms with van der Waals surface area (Å²) in [7, 11) is 0. The highest BCUT2D eigenvalue weighted by atomic mass is 127. The minimum absolute atomic E-state index is 0.394. The van der Waals surface area contributed by atoms with Crippen molar-refractivity contribution in [2.24, 2.45) is 0 Å². The van der Waals surface area contributed by atoms with Crippen LogP contribution in [0.2, 0.25) is 0 Å². The third kappa shape index (κ3) is 4.74. The first kappa shape index (κ1) is 11.7. The molecular weight excluding hydrogens is 287 g/mol. The van der Waals surface area contributed by atoms with Crippen LogP contribution in [0.4, 0.5) is 0 Å². The number of Topliss-reactive ketones (excluding diaryl/α,β-unsaturated/α-hetero) is 1. The monoisotopic (exact) mass is 302 g/mol. The molecule has 0 N–H and O–H groups in total. The zero-order valence-electron chi connectivity index (χ0n) is 8.21. The van der Waals surface area contributed by atoms with Crippen molar-refractivity contribution in [1.29, 1.82) is 0 Å². The van der Waals surface area contributed by atoms with E-state index in [0.29, 0.717) is 12.2 Å². The van der Waals surface area contributed by atoms with Gasteiger partial charge in [0.15, 0.2) is 0 Å². The van der Waals surface area contributed by atoms with Gasteiger partial charge in [-0.2, -0.15) is 0 Å². The van der Waals surface area contributed by atoms with Gasteiger partial charge in [0, 0.05) is 12.8 Å². The Bertz CT molecular complexity index is 269. The lowest BCUT2D eigenvalue weighted by Crippen LogP contribution is -2.00. The second-order valence-electron chi connectivity index (χ2n) is 3.32. The first-order valence-corrected chi connectivity index (χ1v) is 6.47. The molecule has 1 aromatic rings. The molecule has 1 rings (SSSR count). The van der Waals surface area contributed by atoms with Gasteiger partial charge in [-0.05, 0) is 22.8 Å². The van der Waals surface area contributed by atoms with Crippen LogP contribution in [0.3, 0.4) is 0 Å². The number of carbonyl (C=O) groups is 1. The number of carbonyl (C=O) groups excluding carboxylic acids is 1. The Labute approximate surface area is 99.0 Å². The fraction of sp³-hybridized carbons (Fsp3) is 0.417. The maximum absolute atomic E-state index is 11.4. The van der Waals surface area contributed by atoms with Gasteiger partial charge < -0.3 is 0 Å².